The van der Waals surface area contributed by atoms with Gasteiger partial charge in [-0.3, -0.25) is 10.1 Å². The molecule has 3 aromatic rings. The first-order valence-corrected chi connectivity index (χ1v) is 8.11. The molecule has 1 aromatic carbocycles. The molecule has 6 nitrogen and oxygen atoms in total. The fourth-order valence-corrected chi connectivity index (χ4v) is 3.60. The quantitative estimate of drug-likeness (QED) is 0.523. The lowest BCUT2D eigenvalue weighted by Gasteiger charge is -1.99. The van der Waals surface area contributed by atoms with Crippen LogP contribution in [0.3, 0.4) is 0 Å². The number of rotatable bonds is 4. The van der Waals surface area contributed by atoms with Gasteiger partial charge in [0.05, 0.1) is 10.6 Å². The zero-order chi connectivity index (χ0) is 16.2. The van der Waals surface area contributed by atoms with E-state index in [4.69, 9.17) is 5.26 Å². The molecule has 0 aliphatic rings. The number of aromatic nitrogens is 2. The molecule has 0 aliphatic carbocycles. The standard InChI is InChI=1S/C15H8N4O2S2/c16-8-11-13(19(20)21)6-7-14(17-11)23-15-18-12(9-22-15)10-4-2-1-3-5-10/h1-7,9H. The van der Waals surface area contributed by atoms with Crippen LogP contribution >= 0.6 is 23.1 Å². The van der Waals surface area contributed by atoms with Gasteiger partial charge in [-0.05, 0) is 17.8 Å². The Morgan fingerprint density at radius 2 is 1.96 bits per heavy atom. The van der Waals surface area contributed by atoms with Crippen LogP contribution in [-0.2, 0) is 0 Å². The molecule has 0 radical (unpaired) electrons. The van der Waals surface area contributed by atoms with Crippen LogP contribution < -0.4 is 0 Å². The summed E-state index contributed by atoms with van der Waals surface area (Å²) in [6.45, 7) is 0. The third-order valence-corrected chi connectivity index (χ3v) is 4.77. The maximum absolute atomic E-state index is 10.8. The molecular formula is C15H8N4O2S2. The number of hydrogen-bond acceptors (Lipinski definition) is 7. The largest absolute Gasteiger partial charge is 0.305 e. The highest BCUT2D eigenvalue weighted by Gasteiger charge is 2.16. The predicted octanol–water partition coefficient (Wildman–Crippen LogP) is 4.14. The van der Waals surface area contributed by atoms with Gasteiger partial charge in [0.2, 0.25) is 5.69 Å². The summed E-state index contributed by atoms with van der Waals surface area (Å²) in [5.41, 5.74) is 1.39. The van der Waals surface area contributed by atoms with E-state index >= 15 is 0 Å². The summed E-state index contributed by atoms with van der Waals surface area (Å²) < 4.78 is 0.758. The van der Waals surface area contributed by atoms with Crippen molar-refractivity contribution >= 4 is 28.8 Å². The highest BCUT2D eigenvalue weighted by atomic mass is 32.2. The summed E-state index contributed by atoms with van der Waals surface area (Å²) in [6, 6.07) is 14.3. The van der Waals surface area contributed by atoms with Crippen molar-refractivity contribution in [2.24, 2.45) is 0 Å². The van der Waals surface area contributed by atoms with Gasteiger partial charge in [-0.25, -0.2) is 9.97 Å². The third kappa shape index (κ3) is 3.36. The van der Waals surface area contributed by atoms with Crippen molar-refractivity contribution in [3.8, 4) is 17.3 Å². The number of hydrogen-bond donors (Lipinski definition) is 0. The number of benzene rings is 1. The van der Waals surface area contributed by atoms with E-state index < -0.39 is 4.92 Å². The van der Waals surface area contributed by atoms with Gasteiger partial charge < -0.3 is 0 Å². The highest BCUT2D eigenvalue weighted by Crippen LogP contribution is 2.33. The molecule has 0 bridgehead atoms. The number of nitro groups is 1. The summed E-state index contributed by atoms with van der Waals surface area (Å²) in [5, 5.41) is 22.2. The van der Waals surface area contributed by atoms with Crippen LogP contribution in [0.1, 0.15) is 5.69 Å². The first kappa shape index (κ1) is 15.1. The Kier molecular flexibility index (Phi) is 4.32. The Bertz CT molecular complexity index is 903. The van der Waals surface area contributed by atoms with Crippen LogP contribution in [0.25, 0.3) is 11.3 Å². The Labute approximate surface area is 139 Å². The van der Waals surface area contributed by atoms with Gasteiger partial charge in [-0.15, -0.1) is 11.3 Å². The average Bonchev–Trinajstić information content (AvgIpc) is 3.04. The molecule has 23 heavy (non-hydrogen) atoms. The lowest BCUT2D eigenvalue weighted by molar-refractivity contribution is -0.385. The Hall–Kier alpha value is -2.76. The SMILES string of the molecule is N#Cc1nc(Sc2nc(-c3ccccc3)cs2)ccc1[N+](=O)[O-]. The minimum atomic E-state index is -0.614. The van der Waals surface area contributed by atoms with Gasteiger partial charge >= 0.3 is 5.69 Å². The van der Waals surface area contributed by atoms with Crippen LogP contribution in [0.5, 0.6) is 0 Å². The van der Waals surface area contributed by atoms with Crippen LogP contribution in [0.2, 0.25) is 0 Å². The van der Waals surface area contributed by atoms with Crippen molar-refractivity contribution in [1.82, 2.24) is 9.97 Å². The van der Waals surface area contributed by atoms with Crippen LogP contribution in [0.15, 0.2) is 57.2 Å². The summed E-state index contributed by atoms with van der Waals surface area (Å²) in [7, 11) is 0. The fraction of sp³-hybridized carbons (Fsp3) is 0. The maximum atomic E-state index is 10.8. The van der Waals surface area contributed by atoms with Crippen LogP contribution in [-0.4, -0.2) is 14.9 Å². The van der Waals surface area contributed by atoms with E-state index in [9.17, 15) is 10.1 Å². The highest BCUT2D eigenvalue weighted by molar-refractivity contribution is 8.01. The molecule has 2 aromatic heterocycles. The first-order valence-electron chi connectivity index (χ1n) is 6.41. The molecule has 8 heteroatoms. The molecule has 112 valence electrons. The van der Waals surface area contributed by atoms with Crippen molar-refractivity contribution in [2.45, 2.75) is 9.37 Å². The second-order valence-electron chi connectivity index (χ2n) is 4.35. The number of nitrogens with zero attached hydrogens (tertiary/aromatic N) is 4. The molecule has 0 saturated carbocycles. The Balaban J connectivity index is 1.85. The number of thiazole rings is 1. The Morgan fingerprint density at radius 1 is 1.17 bits per heavy atom. The van der Waals surface area contributed by atoms with E-state index in [1.54, 1.807) is 6.07 Å². The minimum Gasteiger partial charge on any atom is -0.258 e. The topological polar surface area (TPSA) is 92.7 Å². The van der Waals surface area contributed by atoms with E-state index in [2.05, 4.69) is 9.97 Å². The zero-order valence-corrected chi connectivity index (χ0v) is 13.2. The lowest BCUT2D eigenvalue weighted by Crippen LogP contribution is -1.95. The van der Waals surface area contributed by atoms with Gasteiger partial charge in [0.15, 0.2) is 4.34 Å². The molecular weight excluding hydrogens is 332 g/mol. The van der Waals surface area contributed by atoms with Crippen molar-refractivity contribution in [2.75, 3.05) is 0 Å². The molecule has 0 amide bonds. The molecule has 0 unspecified atom stereocenters. The lowest BCUT2D eigenvalue weighted by atomic mass is 10.2. The summed E-state index contributed by atoms with van der Waals surface area (Å²) >= 11 is 2.73. The monoisotopic (exact) mass is 340 g/mol. The summed E-state index contributed by atoms with van der Waals surface area (Å²) in [5.74, 6) is 0. The van der Waals surface area contributed by atoms with E-state index in [-0.39, 0.29) is 11.4 Å². The molecule has 3 rings (SSSR count). The molecule has 0 aliphatic heterocycles. The molecule has 0 saturated heterocycles. The van der Waals surface area contributed by atoms with Crippen LogP contribution in [0.4, 0.5) is 5.69 Å². The van der Waals surface area contributed by atoms with Crippen LogP contribution in [0, 0.1) is 21.4 Å². The molecule has 2 heterocycles. The Morgan fingerprint density at radius 3 is 2.65 bits per heavy atom. The van der Waals surface area contributed by atoms with E-state index in [1.165, 1.54) is 35.2 Å². The third-order valence-electron chi connectivity index (χ3n) is 2.90. The maximum Gasteiger partial charge on any atom is 0.305 e. The zero-order valence-electron chi connectivity index (χ0n) is 11.5. The minimum absolute atomic E-state index is 0.195. The van der Waals surface area contributed by atoms with Gasteiger partial charge in [0, 0.05) is 17.0 Å². The molecule has 0 fully saturated rings. The normalized spacial score (nSPS) is 10.2. The number of nitriles is 1. The van der Waals surface area contributed by atoms with Crippen molar-refractivity contribution in [3.63, 3.8) is 0 Å². The smallest absolute Gasteiger partial charge is 0.258 e. The van der Waals surface area contributed by atoms with Gasteiger partial charge in [-0.1, -0.05) is 30.3 Å². The number of pyridine rings is 1. The summed E-state index contributed by atoms with van der Waals surface area (Å²) in [6.07, 6.45) is 0. The van der Waals surface area contributed by atoms with Gasteiger partial charge in [0.1, 0.15) is 11.1 Å². The van der Waals surface area contributed by atoms with Gasteiger partial charge in [-0.2, -0.15) is 5.26 Å². The van der Waals surface area contributed by atoms with E-state index in [0.29, 0.717) is 5.03 Å². The average molecular weight is 340 g/mol. The van der Waals surface area contributed by atoms with Crippen molar-refractivity contribution in [1.29, 1.82) is 5.26 Å². The summed E-state index contributed by atoms with van der Waals surface area (Å²) in [4.78, 5) is 18.7. The van der Waals surface area contributed by atoms with Crippen molar-refractivity contribution < 1.29 is 4.92 Å². The molecule has 0 atom stereocenters. The fourth-order valence-electron chi connectivity index (χ4n) is 1.86. The van der Waals surface area contributed by atoms with Crippen molar-refractivity contribution in [3.05, 3.63) is 63.7 Å². The second-order valence-corrected chi connectivity index (χ2v) is 6.48. The predicted molar refractivity (Wildman–Crippen MR) is 87.3 cm³/mol. The van der Waals surface area contributed by atoms with E-state index in [0.717, 1.165) is 15.6 Å². The second kappa shape index (κ2) is 6.56. The first-order chi connectivity index (χ1) is 11.2. The van der Waals surface area contributed by atoms with E-state index in [1.807, 2.05) is 35.7 Å². The molecule has 0 spiro atoms. The van der Waals surface area contributed by atoms with Gasteiger partial charge in [0.25, 0.3) is 0 Å². The molecule has 0 N–H and O–H groups in total.